The monoisotopic (exact) mass is 1030 g/mol. The molecule has 0 aromatic heterocycles. The van der Waals surface area contributed by atoms with Gasteiger partial charge in [-0.15, -0.1) is 6.58 Å². The number of allylic oxidation sites excluding steroid dienone is 4. The van der Waals surface area contributed by atoms with Crippen molar-refractivity contribution in [1.82, 2.24) is 10.2 Å². The second-order valence-electron chi connectivity index (χ2n) is 22.2. The summed E-state index contributed by atoms with van der Waals surface area (Å²) in [6.07, 6.45) is 4.03. The highest BCUT2D eigenvalue weighted by Crippen LogP contribution is 2.39. The summed E-state index contributed by atoms with van der Waals surface area (Å²) in [5.74, 6) is -8.51. The van der Waals surface area contributed by atoms with Gasteiger partial charge in [-0.2, -0.15) is 0 Å². The number of carbonyl (C=O) groups is 6. The van der Waals surface area contributed by atoms with Gasteiger partial charge in [0.05, 0.1) is 31.0 Å². The minimum Gasteiger partial charge on any atom is -0.466 e. The summed E-state index contributed by atoms with van der Waals surface area (Å²) >= 11 is 0. The van der Waals surface area contributed by atoms with Crippen molar-refractivity contribution < 1.29 is 72.1 Å². The zero-order valence-electron chi connectivity index (χ0n) is 45.1. The normalized spacial score (nSPS) is 34.2. The Kier molecular flexibility index (Phi) is 23.8. The van der Waals surface area contributed by atoms with Crippen LogP contribution in [0.4, 0.5) is 4.79 Å². The lowest BCUT2D eigenvalue weighted by molar-refractivity contribution is -0.302. The molecule has 0 aromatic carbocycles. The second kappa shape index (κ2) is 28.2. The molecule has 0 spiro atoms. The Bertz CT molecular complexity index is 1920. The zero-order chi connectivity index (χ0) is 53.5. The van der Waals surface area contributed by atoms with E-state index in [9.17, 15) is 39.0 Å². The SMILES string of the molecule is C=CCC1C=C(C)CC(C)CC(OC)C2OC(O)(C(=O)C(=O)N3CCCCC3C(=O)OC(C(C)=CC3CCC(OC(=O)NCCCC(=O)OCC[Si](C)(C)C)C(OC)C3)C(C)C(O)CC1=O)C(C)CC2OC. The van der Waals surface area contributed by atoms with E-state index in [4.69, 9.17) is 33.2 Å². The number of Topliss-reactive ketones (excluding diaryl/α,β-unsaturated/α-hetero) is 2. The highest BCUT2D eigenvalue weighted by Gasteiger charge is 2.56. The Hall–Kier alpha value is -3.78. The third-order valence-electron chi connectivity index (χ3n) is 15.0. The van der Waals surface area contributed by atoms with E-state index in [0.29, 0.717) is 70.0 Å². The predicted octanol–water partition coefficient (Wildman–Crippen LogP) is 7.03. The van der Waals surface area contributed by atoms with Gasteiger partial charge in [-0.3, -0.25) is 19.2 Å². The summed E-state index contributed by atoms with van der Waals surface area (Å²) in [4.78, 5) is 83.6. The smallest absolute Gasteiger partial charge is 0.407 e. The summed E-state index contributed by atoms with van der Waals surface area (Å²) in [5.41, 5.74) is 1.53. The maximum absolute atomic E-state index is 14.6. The Labute approximate surface area is 429 Å². The zero-order valence-corrected chi connectivity index (χ0v) is 46.1. The van der Waals surface area contributed by atoms with Crippen LogP contribution < -0.4 is 5.32 Å². The minimum absolute atomic E-state index is 0.0190. The van der Waals surface area contributed by atoms with Crippen LogP contribution in [0.2, 0.25) is 25.7 Å². The van der Waals surface area contributed by atoms with Crippen LogP contribution in [0.25, 0.3) is 0 Å². The Morgan fingerprint density at radius 2 is 1.62 bits per heavy atom. The van der Waals surface area contributed by atoms with E-state index in [1.165, 1.54) is 14.2 Å². The van der Waals surface area contributed by atoms with Gasteiger partial charge in [-0.1, -0.05) is 64.2 Å². The minimum atomic E-state index is -2.55. The van der Waals surface area contributed by atoms with E-state index in [1.807, 2.05) is 26.0 Å². The first-order chi connectivity index (χ1) is 34.0. The highest BCUT2D eigenvalue weighted by atomic mass is 28.3. The van der Waals surface area contributed by atoms with E-state index in [0.717, 1.165) is 16.5 Å². The van der Waals surface area contributed by atoms with Gasteiger partial charge < -0.3 is 53.6 Å². The number of hydrogen-bond acceptors (Lipinski definition) is 15. The average Bonchev–Trinajstić information content (AvgIpc) is 3.33. The fraction of sp³-hybridized carbons (Fsp3) is 0.778. The molecule has 1 aliphatic carbocycles. The van der Waals surface area contributed by atoms with Gasteiger partial charge in [0.15, 0.2) is 0 Å². The first-order valence-corrected chi connectivity index (χ1v) is 30.0. The fourth-order valence-electron chi connectivity index (χ4n) is 10.7. The quantitative estimate of drug-likeness (QED) is 0.0374. The molecule has 4 rings (SSSR count). The highest BCUT2D eigenvalue weighted by molar-refractivity contribution is 6.76. The number of methoxy groups -OCH3 is 3. The number of fused-ring (bicyclic) bond motifs is 3. The molecule has 3 aliphatic heterocycles. The van der Waals surface area contributed by atoms with E-state index < -0.39 is 104 Å². The van der Waals surface area contributed by atoms with Crippen LogP contribution in [0.3, 0.4) is 0 Å². The third kappa shape index (κ3) is 17.1. The topological polar surface area (TPSA) is 223 Å². The van der Waals surface area contributed by atoms with Gasteiger partial charge in [0.25, 0.3) is 11.7 Å². The van der Waals surface area contributed by atoms with E-state index in [-0.39, 0.29) is 62.4 Å². The molecular formula is C54H88N2O15Si. The van der Waals surface area contributed by atoms with Crippen molar-refractivity contribution in [3.8, 4) is 0 Å². The van der Waals surface area contributed by atoms with E-state index in [1.54, 1.807) is 34.0 Å². The van der Waals surface area contributed by atoms with Crippen molar-refractivity contribution in [3.63, 3.8) is 0 Å². The summed E-state index contributed by atoms with van der Waals surface area (Å²) in [6, 6.07) is -0.308. The number of nitrogens with zero attached hydrogens (tertiary/aromatic N) is 1. The molecule has 4 aliphatic rings. The number of alkyl carbamates (subject to hydrolysis) is 1. The van der Waals surface area contributed by atoms with Gasteiger partial charge in [-0.25, -0.2) is 9.59 Å². The van der Waals surface area contributed by atoms with E-state index in [2.05, 4.69) is 31.5 Å². The molecule has 0 radical (unpaired) electrons. The lowest BCUT2D eigenvalue weighted by Gasteiger charge is -2.47. The molecular weight excluding hydrogens is 945 g/mol. The predicted molar refractivity (Wildman–Crippen MR) is 273 cm³/mol. The van der Waals surface area contributed by atoms with Crippen molar-refractivity contribution in [1.29, 1.82) is 0 Å². The summed E-state index contributed by atoms with van der Waals surface area (Å²) in [5, 5.41) is 26.8. The lowest BCUT2D eigenvalue weighted by atomic mass is 9.81. The van der Waals surface area contributed by atoms with Crippen LogP contribution in [0.15, 0.2) is 36.0 Å². The Morgan fingerprint density at radius 1 is 0.944 bits per heavy atom. The number of esters is 2. The number of carbonyl (C=O) groups excluding carboxylic acids is 6. The molecule has 14 atom stereocenters. The molecule has 14 unspecified atom stereocenters. The molecule has 3 N–H and O–H groups in total. The van der Waals surface area contributed by atoms with Crippen molar-refractivity contribution in [2.75, 3.05) is 41.0 Å². The maximum Gasteiger partial charge on any atom is 0.407 e. The number of rotatable bonds is 15. The molecule has 408 valence electrons. The molecule has 2 amide bonds. The number of nitrogens with one attached hydrogen (secondary N) is 1. The van der Waals surface area contributed by atoms with Crippen molar-refractivity contribution in [2.45, 2.75) is 198 Å². The van der Waals surface area contributed by atoms with Gasteiger partial charge in [0, 0.05) is 73.1 Å². The van der Waals surface area contributed by atoms with Crippen LogP contribution >= 0.6 is 0 Å². The molecule has 18 heteroatoms. The molecule has 72 heavy (non-hydrogen) atoms. The fourth-order valence-corrected chi connectivity index (χ4v) is 11.4. The average molecular weight is 1030 g/mol. The molecule has 0 aromatic rings. The number of aliphatic hydroxyl groups is 2. The second-order valence-corrected chi connectivity index (χ2v) is 27.8. The molecule has 2 saturated heterocycles. The van der Waals surface area contributed by atoms with Gasteiger partial charge in [-0.05, 0) is 108 Å². The van der Waals surface area contributed by atoms with Crippen LogP contribution in [0.1, 0.15) is 118 Å². The molecule has 3 heterocycles. The molecule has 2 bridgehead atoms. The molecule has 17 nitrogen and oxygen atoms in total. The summed E-state index contributed by atoms with van der Waals surface area (Å²) in [7, 11) is 3.26. The van der Waals surface area contributed by atoms with Crippen LogP contribution in [0, 0.1) is 29.6 Å². The summed E-state index contributed by atoms with van der Waals surface area (Å²) in [6.45, 7) is 20.3. The van der Waals surface area contributed by atoms with Crippen molar-refractivity contribution >= 4 is 43.6 Å². The number of cyclic esters (lactones) is 1. The number of piperidine rings is 1. The number of aliphatic hydroxyl groups excluding tert-OH is 1. The van der Waals surface area contributed by atoms with Crippen LogP contribution in [-0.2, 0) is 57.1 Å². The van der Waals surface area contributed by atoms with Gasteiger partial charge >= 0.3 is 18.0 Å². The number of ketones is 2. The Balaban J connectivity index is 1.60. The summed E-state index contributed by atoms with van der Waals surface area (Å²) < 4.78 is 41.4. The van der Waals surface area contributed by atoms with Crippen LogP contribution in [0.5, 0.6) is 0 Å². The molecule has 3 fully saturated rings. The van der Waals surface area contributed by atoms with Gasteiger partial charge in [0.1, 0.15) is 30.1 Å². The van der Waals surface area contributed by atoms with Gasteiger partial charge in [0.2, 0.25) is 5.79 Å². The van der Waals surface area contributed by atoms with Crippen molar-refractivity contribution in [2.24, 2.45) is 29.6 Å². The number of hydrogen-bond donors (Lipinski definition) is 3. The van der Waals surface area contributed by atoms with Crippen LogP contribution in [-0.4, -0.2) is 154 Å². The lowest BCUT2D eigenvalue weighted by Crippen LogP contribution is -2.64. The molecule has 1 saturated carbocycles. The van der Waals surface area contributed by atoms with E-state index >= 15 is 0 Å². The maximum atomic E-state index is 14.6. The van der Waals surface area contributed by atoms with Crippen molar-refractivity contribution in [3.05, 3.63) is 36.0 Å². The Morgan fingerprint density at radius 3 is 2.28 bits per heavy atom. The number of ether oxygens (including phenoxy) is 7. The third-order valence-corrected chi connectivity index (χ3v) is 16.8. The first-order valence-electron chi connectivity index (χ1n) is 26.3. The first kappa shape index (κ1) is 60.8. The largest absolute Gasteiger partial charge is 0.466 e. The standard InChI is InChI=1S/C54H88N2O15Si/c1-13-17-39-27-33(2)26-34(3)28-45(66-8)49-46(67-9)30-36(5)54(64,71-49)50(60)51(61)56-23-15-14-18-40(56)52(62)70-48(37(6)41(57)32-42(39)58)35(4)29-38-20-21-43(44(31-38)65-7)69-53(63)55-22-16-19-47(59)68-24-25-72(10,11)12/h13,27,29,34,36-41,43-46,48-49,57,64H,1,14-26,28,30-32H2,2-12H3,(H,55,63). The number of amides is 2.